The first-order valence-corrected chi connectivity index (χ1v) is 8.31. The summed E-state index contributed by atoms with van der Waals surface area (Å²) in [7, 11) is -2.31. The van der Waals surface area contributed by atoms with Gasteiger partial charge in [0.05, 0.1) is 9.82 Å². The Hall–Kier alpha value is -1.18. The van der Waals surface area contributed by atoms with Gasteiger partial charge in [0.15, 0.2) is 0 Å². The molecule has 1 atom stereocenters. The summed E-state index contributed by atoms with van der Waals surface area (Å²) in [4.78, 5) is 10.0. The van der Waals surface area contributed by atoms with Crippen molar-refractivity contribution in [1.29, 1.82) is 0 Å². The zero-order chi connectivity index (χ0) is 16.4. The molecule has 0 fully saturated rings. The minimum atomic E-state index is -3.79. The SMILES string of the molecule is CC(C)CC(C)N(C)S(=O)(=O)c1ccc(Cl)c([N+](=O)[O-])c1. The second-order valence-electron chi connectivity index (χ2n) is 5.37. The number of nitrogens with zero attached hydrogens (tertiary/aromatic N) is 2. The Labute approximate surface area is 129 Å². The van der Waals surface area contributed by atoms with E-state index in [1.165, 1.54) is 23.5 Å². The van der Waals surface area contributed by atoms with Crippen molar-refractivity contribution in [3.05, 3.63) is 33.3 Å². The number of halogens is 1. The smallest absolute Gasteiger partial charge is 0.258 e. The van der Waals surface area contributed by atoms with Crippen LogP contribution in [0.15, 0.2) is 23.1 Å². The summed E-state index contributed by atoms with van der Waals surface area (Å²) in [6.45, 7) is 5.82. The van der Waals surface area contributed by atoms with Gasteiger partial charge in [0.25, 0.3) is 5.69 Å². The van der Waals surface area contributed by atoms with Gasteiger partial charge in [0.1, 0.15) is 5.02 Å². The maximum absolute atomic E-state index is 12.5. The van der Waals surface area contributed by atoms with E-state index in [4.69, 9.17) is 11.6 Å². The van der Waals surface area contributed by atoms with Gasteiger partial charge in [0.2, 0.25) is 10.0 Å². The molecule has 6 nitrogen and oxygen atoms in total. The average Bonchev–Trinajstić information content (AvgIpc) is 2.36. The number of nitro benzene ring substituents is 1. The standard InChI is InChI=1S/C13H19ClN2O4S/c1-9(2)7-10(3)15(4)21(19,20)11-5-6-12(14)13(8-11)16(17)18/h5-6,8-10H,7H2,1-4H3. The molecular weight excluding hydrogens is 316 g/mol. The molecule has 0 amide bonds. The van der Waals surface area contributed by atoms with E-state index >= 15 is 0 Å². The molecule has 1 aromatic rings. The summed E-state index contributed by atoms with van der Waals surface area (Å²) in [6, 6.07) is 3.30. The molecule has 0 heterocycles. The maximum atomic E-state index is 12.5. The molecule has 0 radical (unpaired) electrons. The highest BCUT2D eigenvalue weighted by atomic mass is 35.5. The zero-order valence-electron chi connectivity index (χ0n) is 12.4. The van der Waals surface area contributed by atoms with Gasteiger partial charge in [-0.25, -0.2) is 8.42 Å². The van der Waals surface area contributed by atoms with Gasteiger partial charge in [-0.3, -0.25) is 10.1 Å². The Morgan fingerprint density at radius 2 is 1.90 bits per heavy atom. The van der Waals surface area contributed by atoms with Gasteiger partial charge in [-0.15, -0.1) is 0 Å². The first-order chi connectivity index (χ1) is 9.57. The van der Waals surface area contributed by atoms with Crippen molar-refractivity contribution in [2.75, 3.05) is 7.05 Å². The van der Waals surface area contributed by atoms with Crippen LogP contribution >= 0.6 is 11.6 Å². The molecule has 0 saturated carbocycles. The lowest BCUT2D eigenvalue weighted by Gasteiger charge is -2.25. The van der Waals surface area contributed by atoms with Crippen LogP contribution in [0.1, 0.15) is 27.2 Å². The topological polar surface area (TPSA) is 80.5 Å². The minimum Gasteiger partial charge on any atom is -0.258 e. The lowest BCUT2D eigenvalue weighted by atomic mass is 10.1. The summed E-state index contributed by atoms with van der Waals surface area (Å²) in [6.07, 6.45) is 0.700. The Morgan fingerprint density at radius 3 is 2.38 bits per heavy atom. The predicted octanol–water partition coefficient (Wildman–Crippen LogP) is 3.30. The fraction of sp³-hybridized carbons (Fsp3) is 0.538. The lowest BCUT2D eigenvalue weighted by Crippen LogP contribution is -2.35. The number of sulfonamides is 1. The van der Waals surface area contributed by atoms with E-state index in [2.05, 4.69) is 0 Å². The van der Waals surface area contributed by atoms with E-state index in [1.54, 1.807) is 0 Å². The van der Waals surface area contributed by atoms with Crippen LogP contribution in [0, 0.1) is 16.0 Å². The van der Waals surface area contributed by atoms with Crippen molar-refractivity contribution < 1.29 is 13.3 Å². The molecule has 1 rings (SSSR count). The van der Waals surface area contributed by atoms with Crippen molar-refractivity contribution in [1.82, 2.24) is 4.31 Å². The van der Waals surface area contributed by atoms with Gasteiger partial charge in [0, 0.05) is 19.2 Å². The van der Waals surface area contributed by atoms with E-state index in [9.17, 15) is 18.5 Å². The molecule has 8 heteroatoms. The Kier molecular flexibility index (Phi) is 5.72. The van der Waals surface area contributed by atoms with Crippen molar-refractivity contribution in [3.8, 4) is 0 Å². The van der Waals surface area contributed by atoms with E-state index < -0.39 is 20.6 Å². The summed E-state index contributed by atoms with van der Waals surface area (Å²) in [5.41, 5.74) is -0.414. The first kappa shape index (κ1) is 17.9. The van der Waals surface area contributed by atoms with Crippen molar-refractivity contribution in [3.63, 3.8) is 0 Å². The van der Waals surface area contributed by atoms with Crippen LogP contribution in [0.3, 0.4) is 0 Å². The quantitative estimate of drug-likeness (QED) is 0.590. The minimum absolute atomic E-state index is 0.0863. The van der Waals surface area contributed by atoms with Crippen LogP contribution in [0.2, 0.25) is 5.02 Å². The molecule has 0 spiro atoms. The third kappa shape index (κ3) is 4.15. The molecule has 0 aliphatic rings. The second-order valence-corrected chi connectivity index (χ2v) is 7.77. The van der Waals surface area contributed by atoms with E-state index in [0.29, 0.717) is 12.3 Å². The van der Waals surface area contributed by atoms with Gasteiger partial charge >= 0.3 is 0 Å². The fourth-order valence-electron chi connectivity index (χ4n) is 2.03. The number of hydrogen-bond acceptors (Lipinski definition) is 4. The Morgan fingerprint density at radius 1 is 1.33 bits per heavy atom. The molecule has 0 bridgehead atoms. The maximum Gasteiger partial charge on any atom is 0.289 e. The van der Waals surface area contributed by atoms with Crippen LogP contribution < -0.4 is 0 Å². The summed E-state index contributed by atoms with van der Waals surface area (Å²) in [5.74, 6) is 0.345. The molecular formula is C13H19ClN2O4S. The van der Waals surface area contributed by atoms with Crippen molar-refractivity contribution in [2.24, 2.45) is 5.92 Å². The van der Waals surface area contributed by atoms with Gasteiger partial charge in [-0.05, 0) is 31.4 Å². The Bertz CT molecular complexity index is 631. The molecule has 0 aliphatic carbocycles. The monoisotopic (exact) mass is 334 g/mol. The molecule has 118 valence electrons. The van der Waals surface area contributed by atoms with E-state index in [1.807, 2.05) is 20.8 Å². The summed E-state index contributed by atoms with van der Waals surface area (Å²) >= 11 is 5.70. The van der Waals surface area contributed by atoms with E-state index in [-0.39, 0.29) is 16.0 Å². The highest BCUT2D eigenvalue weighted by Crippen LogP contribution is 2.29. The van der Waals surface area contributed by atoms with Crippen LogP contribution in [0.5, 0.6) is 0 Å². The average molecular weight is 335 g/mol. The van der Waals surface area contributed by atoms with Crippen LogP contribution in [-0.2, 0) is 10.0 Å². The molecule has 1 unspecified atom stereocenters. The number of hydrogen-bond donors (Lipinski definition) is 0. The molecule has 21 heavy (non-hydrogen) atoms. The van der Waals surface area contributed by atoms with Crippen LogP contribution in [-0.4, -0.2) is 30.7 Å². The van der Waals surface area contributed by atoms with Crippen molar-refractivity contribution >= 4 is 27.3 Å². The molecule has 0 aromatic heterocycles. The predicted molar refractivity (Wildman–Crippen MR) is 82.0 cm³/mol. The number of benzene rings is 1. The molecule has 0 N–H and O–H groups in total. The summed E-state index contributed by atoms with van der Waals surface area (Å²) < 4.78 is 26.2. The van der Waals surface area contributed by atoms with Gasteiger partial charge < -0.3 is 0 Å². The fourth-order valence-corrected chi connectivity index (χ4v) is 3.61. The normalized spacial score (nSPS) is 13.7. The highest BCUT2D eigenvalue weighted by Gasteiger charge is 2.28. The largest absolute Gasteiger partial charge is 0.289 e. The third-order valence-corrected chi connectivity index (χ3v) is 5.51. The number of nitro groups is 1. The second kappa shape index (κ2) is 6.72. The van der Waals surface area contributed by atoms with Gasteiger partial charge in [-0.1, -0.05) is 25.4 Å². The van der Waals surface area contributed by atoms with Crippen LogP contribution in [0.25, 0.3) is 0 Å². The molecule has 1 aromatic carbocycles. The molecule has 0 saturated heterocycles. The third-order valence-electron chi connectivity index (χ3n) is 3.22. The van der Waals surface area contributed by atoms with E-state index in [0.717, 1.165) is 6.07 Å². The first-order valence-electron chi connectivity index (χ1n) is 6.49. The molecule has 0 aliphatic heterocycles. The Balaban J connectivity index is 3.19. The summed E-state index contributed by atoms with van der Waals surface area (Å²) in [5, 5.41) is 10.8. The lowest BCUT2D eigenvalue weighted by molar-refractivity contribution is -0.384. The van der Waals surface area contributed by atoms with Crippen molar-refractivity contribution in [2.45, 2.75) is 38.1 Å². The number of rotatable bonds is 6. The van der Waals surface area contributed by atoms with Gasteiger partial charge in [-0.2, -0.15) is 4.31 Å². The zero-order valence-corrected chi connectivity index (χ0v) is 14.0. The van der Waals surface area contributed by atoms with Crippen LogP contribution in [0.4, 0.5) is 5.69 Å². The highest BCUT2D eigenvalue weighted by molar-refractivity contribution is 7.89.